The van der Waals surface area contributed by atoms with E-state index in [2.05, 4.69) is 5.16 Å². The number of carbonyl (C=O) groups is 1. The van der Waals surface area contributed by atoms with Crippen LogP contribution in [-0.2, 0) is 6.54 Å². The van der Waals surface area contributed by atoms with Crippen molar-refractivity contribution in [3.63, 3.8) is 0 Å². The zero-order valence-electron chi connectivity index (χ0n) is 11.1. The fraction of sp³-hybridized carbons (Fsp3) is 0.286. The van der Waals surface area contributed by atoms with Crippen molar-refractivity contribution in [1.82, 2.24) is 10.1 Å². The van der Waals surface area contributed by atoms with Gasteiger partial charge in [-0.3, -0.25) is 4.79 Å². The Labute approximate surface area is 110 Å². The summed E-state index contributed by atoms with van der Waals surface area (Å²) in [5.74, 6) is 0.212. The van der Waals surface area contributed by atoms with E-state index in [0.29, 0.717) is 29.1 Å². The largest absolute Gasteiger partial charge is 0.361 e. The second-order valence-corrected chi connectivity index (χ2v) is 4.55. The van der Waals surface area contributed by atoms with Crippen molar-refractivity contribution in [3.05, 3.63) is 52.7 Å². The highest BCUT2D eigenvalue weighted by molar-refractivity contribution is 5.94. The van der Waals surface area contributed by atoms with Crippen molar-refractivity contribution in [1.29, 1.82) is 0 Å². The van der Waals surface area contributed by atoms with Crippen LogP contribution in [0.3, 0.4) is 0 Å². The van der Waals surface area contributed by atoms with Gasteiger partial charge in [0.2, 0.25) is 0 Å². The van der Waals surface area contributed by atoms with E-state index in [0.717, 1.165) is 0 Å². The van der Waals surface area contributed by atoms with Crippen molar-refractivity contribution in [2.45, 2.75) is 20.4 Å². The minimum Gasteiger partial charge on any atom is -0.361 e. The smallest absolute Gasteiger partial charge is 0.253 e. The van der Waals surface area contributed by atoms with Crippen molar-refractivity contribution in [2.24, 2.45) is 0 Å². The molecule has 0 saturated carbocycles. The molecule has 4 nitrogen and oxygen atoms in total. The van der Waals surface area contributed by atoms with E-state index < -0.39 is 0 Å². The maximum Gasteiger partial charge on any atom is 0.253 e. The Balaban J connectivity index is 2.12. The Bertz CT molecular complexity index is 607. The number of amides is 1. The molecular weight excluding hydrogens is 247 g/mol. The van der Waals surface area contributed by atoms with Crippen LogP contribution in [0.15, 0.2) is 28.8 Å². The first-order valence-corrected chi connectivity index (χ1v) is 5.91. The molecule has 0 bridgehead atoms. The lowest BCUT2D eigenvalue weighted by Crippen LogP contribution is -2.26. The summed E-state index contributed by atoms with van der Waals surface area (Å²) < 4.78 is 18.1. The Morgan fingerprint density at radius 2 is 2.11 bits per heavy atom. The molecule has 0 aliphatic heterocycles. The van der Waals surface area contributed by atoms with Crippen LogP contribution in [0, 0.1) is 19.7 Å². The molecule has 100 valence electrons. The SMILES string of the molecule is Cc1cc(CN(C)C(=O)c2ccc(F)c(C)c2)no1. The van der Waals surface area contributed by atoms with Crippen molar-refractivity contribution in [3.8, 4) is 0 Å². The lowest BCUT2D eigenvalue weighted by Gasteiger charge is -2.15. The van der Waals surface area contributed by atoms with Crippen LogP contribution in [-0.4, -0.2) is 23.0 Å². The number of rotatable bonds is 3. The Morgan fingerprint density at radius 3 is 2.68 bits per heavy atom. The van der Waals surface area contributed by atoms with Crippen LogP contribution in [0.1, 0.15) is 27.4 Å². The maximum absolute atomic E-state index is 13.2. The molecule has 1 amide bonds. The third-order valence-corrected chi connectivity index (χ3v) is 2.83. The highest BCUT2D eigenvalue weighted by atomic mass is 19.1. The Hall–Kier alpha value is -2.17. The van der Waals surface area contributed by atoms with E-state index in [4.69, 9.17) is 4.52 Å². The van der Waals surface area contributed by atoms with Gasteiger partial charge in [-0.2, -0.15) is 0 Å². The average molecular weight is 262 g/mol. The summed E-state index contributed by atoms with van der Waals surface area (Å²) in [6, 6.07) is 6.10. The molecule has 0 unspecified atom stereocenters. The van der Waals surface area contributed by atoms with Gasteiger partial charge in [-0.25, -0.2) is 4.39 Å². The molecule has 19 heavy (non-hydrogen) atoms. The number of benzene rings is 1. The van der Waals surface area contributed by atoms with E-state index in [1.165, 1.54) is 17.0 Å². The van der Waals surface area contributed by atoms with E-state index >= 15 is 0 Å². The second-order valence-electron chi connectivity index (χ2n) is 4.55. The zero-order chi connectivity index (χ0) is 14.0. The fourth-order valence-corrected chi connectivity index (χ4v) is 1.81. The number of aryl methyl sites for hydroxylation is 2. The normalized spacial score (nSPS) is 10.5. The predicted octanol–water partition coefficient (Wildman–Crippen LogP) is 2.70. The molecule has 5 heteroatoms. The van der Waals surface area contributed by atoms with Gasteiger partial charge in [-0.1, -0.05) is 5.16 Å². The van der Waals surface area contributed by atoms with Crippen molar-refractivity contribution < 1.29 is 13.7 Å². The number of hydrogen-bond acceptors (Lipinski definition) is 3. The number of halogens is 1. The molecule has 0 N–H and O–H groups in total. The molecule has 0 aliphatic rings. The molecule has 2 aromatic rings. The maximum atomic E-state index is 13.2. The minimum atomic E-state index is -0.314. The first-order chi connectivity index (χ1) is 8.97. The summed E-state index contributed by atoms with van der Waals surface area (Å²) in [6.07, 6.45) is 0. The highest BCUT2D eigenvalue weighted by Gasteiger charge is 2.14. The van der Waals surface area contributed by atoms with Gasteiger partial charge in [-0.15, -0.1) is 0 Å². The molecule has 0 radical (unpaired) electrons. The second kappa shape index (κ2) is 5.22. The summed E-state index contributed by atoms with van der Waals surface area (Å²) in [4.78, 5) is 13.7. The summed E-state index contributed by atoms with van der Waals surface area (Å²) in [5, 5.41) is 3.83. The lowest BCUT2D eigenvalue weighted by molar-refractivity contribution is 0.0782. The van der Waals surface area contributed by atoms with Gasteiger partial charge in [0.05, 0.1) is 6.54 Å². The number of carbonyl (C=O) groups excluding carboxylic acids is 1. The highest BCUT2D eigenvalue weighted by Crippen LogP contribution is 2.12. The van der Waals surface area contributed by atoms with Crippen LogP contribution >= 0.6 is 0 Å². The molecule has 0 atom stereocenters. The summed E-state index contributed by atoms with van der Waals surface area (Å²) in [7, 11) is 1.67. The Morgan fingerprint density at radius 1 is 1.37 bits per heavy atom. The van der Waals surface area contributed by atoms with Crippen LogP contribution in [0.25, 0.3) is 0 Å². The standard InChI is InChI=1S/C14H15FN2O2/c1-9-6-11(4-5-13(9)15)14(18)17(3)8-12-7-10(2)19-16-12/h4-7H,8H2,1-3H3. The van der Waals surface area contributed by atoms with E-state index in [1.54, 1.807) is 33.0 Å². The minimum absolute atomic E-state index is 0.177. The van der Waals surface area contributed by atoms with E-state index in [9.17, 15) is 9.18 Å². The third-order valence-electron chi connectivity index (χ3n) is 2.83. The monoisotopic (exact) mass is 262 g/mol. The fourth-order valence-electron chi connectivity index (χ4n) is 1.81. The van der Waals surface area contributed by atoms with E-state index in [1.807, 2.05) is 0 Å². The summed E-state index contributed by atoms with van der Waals surface area (Å²) >= 11 is 0. The Kier molecular flexibility index (Phi) is 3.64. The van der Waals surface area contributed by atoms with Crippen LogP contribution in [0.5, 0.6) is 0 Å². The van der Waals surface area contributed by atoms with Gasteiger partial charge < -0.3 is 9.42 Å². The van der Waals surface area contributed by atoms with Gasteiger partial charge in [0.25, 0.3) is 5.91 Å². The van der Waals surface area contributed by atoms with Gasteiger partial charge in [0.1, 0.15) is 17.3 Å². The molecule has 1 heterocycles. The topological polar surface area (TPSA) is 46.3 Å². The zero-order valence-corrected chi connectivity index (χ0v) is 11.1. The first kappa shape index (κ1) is 13.3. The van der Waals surface area contributed by atoms with Gasteiger partial charge >= 0.3 is 0 Å². The van der Waals surface area contributed by atoms with Crippen LogP contribution < -0.4 is 0 Å². The molecule has 2 rings (SSSR count). The summed E-state index contributed by atoms with van der Waals surface area (Å²) in [6.45, 7) is 3.78. The third kappa shape index (κ3) is 2.99. The van der Waals surface area contributed by atoms with Crippen molar-refractivity contribution >= 4 is 5.91 Å². The molecule has 0 aliphatic carbocycles. The lowest BCUT2D eigenvalue weighted by atomic mass is 10.1. The van der Waals surface area contributed by atoms with Gasteiger partial charge in [-0.05, 0) is 37.6 Å². The van der Waals surface area contributed by atoms with E-state index in [-0.39, 0.29) is 11.7 Å². The van der Waals surface area contributed by atoms with Crippen LogP contribution in [0.4, 0.5) is 4.39 Å². The predicted molar refractivity (Wildman–Crippen MR) is 68.2 cm³/mol. The van der Waals surface area contributed by atoms with Crippen LogP contribution in [0.2, 0.25) is 0 Å². The number of hydrogen-bond donors (Lipinski definition) is 0. The van der Waals surface area contributed by atoms with Crippen molar-refractivity contribution in [2.75, 3.05) is 7.05 Å². The molecule has 1 aromatic carbocycles. The molecular formula is C14H15FN2O2. The molecule has 1 aromatic heterocycles. The first-order valence-electron chi connectivity index (χ1n) is 5.91. The molecule has 0 spiro atoms. The number of nitrogens with zero attached hydrogens (tertiary/aromatic N) is 2. The summed E-state index contributed by atoms with van der Waals surface area (Å²) in [5.41, 5.74) is 1.60. The molecule has 0 saturated heterocycles. The average Bonchev–Trinajstić information content (AvgIpc) is 2.77. The van der Waals surface area contributed by atoms with Gasteiger partial charge in [0, 0.05) is 18.7 Å². The quantitative estimate of drug-likeness (QED) is 0.854. The number of aromatic nitrogens is 1. The van der Waals surface area contributed by atoms with Gasteiger partial charge in [0.15, 0.2) is 0 Å². The molecule has 0 fully saturated rings.